The standard InChI is InChI=1S/C11H20O/c1-8(2)7-11(12)10-6-4-5-9(10)3/h7,9-12H,4-6H2,1-3H3. The molecule has 0 aromatic carbocycles. The van der Waals surface area contributed by atoms with Crippen LogP contribution in [0.4, 0.5) is 0 Å². The molecule has 12 heavy (non-hydrogen) atoms. The van der Waals surface area contributed by atoms with Crippen molar-refractivity contribution in [1.82, 2.24) is 0 Å². The van der Waals surface area contributed by atoms with Gasteiger partial charge < -0.3 is 5.11 Å². The summed E-state index contributed by atoms with van der Waals surface area (Å²) in [5.74, 6) is 1.22. The van der Waals surface area contributed by atoms with Gasteiger partial charge >= 0.3 is 0 Å². The van der Waals surface area contributed by atoms with Crippen LogP contribution in [0.1, 0.15) is 40.0 Å². The molecule has 0 heterocycles. The number of hydrogen-bond donors (Lipinski definition) is 1. The lowest BCUT2D eigenvalue weighted by molar-refractivity contribution is 0.131. The molecule has 0 aromatic heterocycles. The molecule has 1 saturated carbocycles. The van der Waals surface area contributed by atoms with Gasteiger partial charge in [0.1, 0.15) is 0 Å². The highest BCUT2D eigenvalue weighted by Gasteiger charge is 2.28. The second-order valence-electron chi connectivity index (χ2n) is 4.31. The maximum absolute atomic E-state index is 9.81. The molecule has 0 aliphatic heterocycles. The predicted octanol–water partition coefficient (Wildman–Crippen LogP) is 2.75. The lowest BCUT2D eigenvalue weighted by Crippen LogP contribution is -2.20. The van der Waals surface area contributed by atoms with Crippen LogP contribution in [0, 0.1) is 11.8 Å². The first-order chi connectivity index (χ1) is 5.61. The maximum atomic E-state index is 9.81. The van der Waals surface area contributed by atoms with E-state index in [-0.39, 0.29) is 6.10 Å². The summed E-state index contributed by atoms with van der Waals surface area (Å²) in [4.78, 5) is 0. The fraction of sp³-hybridized carbons (Fsp3) is 0.818. The lowest BCUT2D eigenvalue weighted by atomic mass is 9.91. The fourth-order valence-corrected chi connectivity index (χ4v) is 2.15. The Morgan fingerprint density at radius 2 is 2.08 bits per heavy atom. The molecule has 0 aromatic rings. The molecular formula is C11H20O. The van der Waals surface area contributed by atoms with Crippen LogP contribution in [-0.2, 0) is 0 Å². The first kappa shape index (κ1) is 9.79. The molecule has 1 N–H and O–H groups in total. The molecule has 0 bridgehead atoms. The highest BCUT2D eigenvalue weighted by atomic mass is 16.3. The fourth-order valence-electron chi connectivity index (χ4n) is 2.15. The topological polar surface area (TPSA) is 20.2 Å². The van der Waals surface area contributed by atoms with E-state index >= 15 is 0 Å². The summed E-state index contributed by atoms with van der Waals surface area (Å²) < 4.78 is 0. The van der Waals surface area contributed by atoms with Crippen LogP contribution in [0.2, 0.25) is 0 Å². The number of rotatable bonds is 2. The quantitative estimate of drug-likeness (QED) is 0.629. The second kappa shape index (κ2) is 4.08. The predicted molar refractivity (Wildman–Crippen MR) is 51.9 cm³/mol. The van der Waals surface area contributed by atoms with Crippen LogP contribution in [0.15, 0.2) is 11.6 Å². The van der Waals surface area contributed by atoms with Gasteiger partial charge in [0.15, 0.2) is 0 Å². The van der Waals surface area contributed by atoms with Crippen molar-refractivity contribution in [1.29, 1.82) is 0 Å². The summed E-state index contributed by atoms with van der Waals surface area (Å²) in [7, 11) is 0. The van der Waals surface area contributed by atoms with Crippen LogP contribution < -0.4 is 0 Å². The molecule has 0 amide bonds. The Hall–Kier alpha value is -0.300. The smallest absolute Gasteiger partial charge is 0.0754 e. The molecule has 1 fully saturated rings. The Balaban J connectivity index is 2.51. The molecule has 1 nitrogen and oxygen atoms in total. The zero-order valence-corrected chi connectivity index (χ0v) is 8.38. The van der Waals surface area contributed by atoms with Gasteiger partial charge in [-0.1, -0.05) is 31.4 Å². The van der Waals surface area contributed by atoms with Crippen molar-refractivity contribution in [2.45, 2.75) is 46.1 Å². The molecule has 1 aliphatic rings. The molecule has 3 unspecified atom stereocenters. The van der Waals surface area contributed by atoms with Gasteiger partial charge in [-0.3, -0.25) is 0 Å². The average molecular weight is 168 g/mol. The van der Waals surface area contributed by atoms with Gasteiger partial charge in [0.25, 0.3) is 0 Å². The highest BCUT2D eigenvalue weighted by Crippen LogP contribution is 2.34. The third-order valence-corrected chi connectivity index (χ3v) is 2.87. The van der Waals surface area contributed by atoms with Gasteiger partial charge in [-0.15, -0.1) is 0 Å². The molecule has 1 heteroatoms. The van der Waals surface area contributed by atoms with Crippen molar-refractivity contribution in [2.75, 3.05) is 0 Å². The molecule has 3 atom stereocenters. The normalized spacial score (nSPS) is 31.7. The van der Waals surface area contributed by atoms with E-state index in [0.29, 0.717) is 11.8 Å². The molecule has 0 saturated heterocycles. The van der Waals surface area contributed by atoms with E-state index < -0.39 is 0 Å². The van der Waals surface area contributed by atoms with Crippen LogP contribution in [0.3, 0.4) is 0 Å². The van der Waals surface area contributed by atoms with Gasteiger partial charge in [-0.2, -0.15) is 0 Å². The van der Waals surface area contributed by atoms with Gasteiger partial charge in [-0.25, -0.2) is 0 Å². The van der Waals surface area contributed by atoms with Crippen molar-refractivity contribution in [3.05, 3.63) is 11.6 Å². The third-order valence-electron chi connectivity index (χ3n) is 2.87. The minimum absolute atomic E-state index is 0.201. The molecule has 1 aliphatic carbocycles. The summed E-state index contributed by atoms with van der Waals surface area (Å²) in [5.41, 5.74) is 1.22. The van der Waals surface area contributed by atoms with E-state index in [9.17, 15) is 5.11 Å². The zero-order chi connectivity index (χ0) is 9.14. The molecule has 70 valence electrons. The van der Waals surface area contributed by atoms with Crippen molar-refractivity contribution in [2.24, 2.45) is 11.8 Å². The summed E-state index contributed by atoms with van der Waals surface area (Å²) >= 11 is 0. The van der Waals surface area contributed by atoms with Gasteiger partial charge in [0.05, 0.1) is 6.10 Å². The summed E-state index contributed by atoms with van der Waals surface area (Å²) in [6.07, 6.45) is 5.57. The van der Waals surface area contributed by atoms with E-state index in [4.69, 9.17) is 0 Å². The Morgan fingerprint density at radius 1 is 1.42 bits per heavy atom. The van der Waals surface area contributed by atoms with Crippen LogP contribution in [0.5, 0.6) is 0 Å². The summed E-state index contributed by atoms with van der Waals surface area (Å²) in [5, 5.41) is 9.81. The first-order valence-corrected chi connectivity index (χ1v) is 4.94. The highest BCUT2D eigenvalue weighted by molar-refractivity contribution is 5.01. The average Bonchev–Trinajstić information content (AvgIpc) is 2.33. The zero-order valence-electron chi connectivity index (χ0n) is 8.38. The summed E-state index contributed by atoms with van der Waals surface area (Å²) in [6.45, 7) is 6.34. The first-order valence-electron chi connectivity index (χ1n) is 4.94. The second-order valence-corrected chi connectivity index (χ2v) is 4.31. The van der Waals surface area contributed by atoms with Crippen molar-refractivity contribution < 1.29 is 5.11 Å². The molecular weight excluding hydrogens is 148 g/mol. The van der Waals surface area contributed by atoms with E-state index in [1.165, 1.54) is 24.8 Å². The van der Waals surface area contributed by atoms with E-state index in [1.807, 2.05) is 19.9 Å². The Morgan fingerprint density at radius 3 is 2.50 bits per heavy atom. The Bertz CT molecular complexity index is 168. The molecule has 1 rings (SSSR count). The Kier molecular flexibility index (Phi) is 3.33. The Labute approximate surface area is 75.5 Å². The number of aliphatic hydroxyl groups is 1. The lowest BCUT2D eigenvalue weighted by Gasteiger charge is -2.19. The number of hydrogen-bond acceptors (Lipinski definition) is 1. The van der Waals surface area contributed by atoms with Crippen LogP contribution in [0.25, 0.3) is 0 Å². The molecule has 0 radical (unpaired) electrons. The monoisotopic (exact) mass is 168 g/mol. The minimum atomic E-state index is -0.201. The van der Waals surface area contributed by atoms with Gasteiger partial charge in [0, 0.05) is 0 Å². The largest absolute Gasteiger partial charge is 0.389 e. The number of aliphatic hydroxyl groups excluding tert-OH is 1. The SMILES string of the molecule is CC(C)=CC(O)C1CCCC1C. The van der Waals surface area contributed by atoms with E-state index in [1.54, 1.807) is 0 Å². The van der Waals surface area contributed by atoms with Crippen molar-refractivity contribution >= 4 is 0 Å². The van der Waals surface area contributed by atoms with E-state index in [0.717, 1.165) is 0 Å². The summed E-state index contributed by atoms with van der Waals surface area (Å²) in [6, 6.07) is 0. The van der Waals surface area contributed by atoms with Crippen molar-refractivity contribution in [3.8, 4) is 0 Å². The van der Waals surface area contributed by atoms with E-state index in [2.05, 4.69) is 6.92 Å². The molecule has 0 spiro atoms. The third kappa shape index (κ3) is 2.34. The van der Waals surface area contributed by atoms with Crippen LogP contribution >= 0.6 is 0 Å². The number of allylic oxidation sites excluding steroid dienone is 1. The minimum Gasteiger partial charge on any atom is -0.389 e. The van der Waals surface area contributed by atoms with Gasteiger partial charge in [-0.05, 0) is 32.1 Å². The van der Waals surface area contributed by atoms with Crippen LogP contribution in [-0.4, -0.2) is 11.2 Å². The van der Waals surface area contributed by atoms with Crippen molar-refractivity contribution in [3.63, 3.8) is 0 Å². The maximum Gasteiger partial charge on any atom is 0.0754 e. The van der Waals surface area contributed by atoms with Gasteiger partial charge in [0.2, 0.25) is 0 Å².